The summed E-state index contributed by atoms with van der Waals surface area (Å²) in [5.41, 5.74) is 5.31. The molecule has 0 atom stereocenters. The molecule has 2 aromatic heterocycles. The molecule has 2 saturated heterocycles. The third kappa shape index (κ3) is 5.28. The van der Waals surface area contributed by atoms with E-state index < -0.39 is 5.67 Å². The average Bonchev–Trinajstić information content (AvgIpc) is 3.26. The fraction of sp³-hybridized carbons (Fsp3) is 0.515. The highest BCUT2D eigenvalue weighted by atomic mass is 19.1. The number of aryl methyl sites for hydroxylation is 1. The zero-order chi connectivity index (χ0) is 27.4. The molecule has 2 aliphatic rings. The molecular weight excluding hydrogens is 485 g/mol. The van der Waals surface area contributed by atoms with Crippen molar-refractivity contribution in [3.8, 4) is 0 Å². The molecule has 2 aromatic carbocycles. The van der Waals surface area contributed by atoms with E-state index in [1.54, 1.807) is 20.2 Å². The van der Waals surface area contributed by atoms with Crippen molar-refractivity contribution in [1.29, 1.82) is 0 Å². The summed E-state index contributed by atoms with van der Waals surface area (Å²) >= 11 is 0. The van der Waals surface area contributed by atoms with Gasteiger partial charge in [0.15, 0.2) is 0 Å². The van der Waals surface area contributed by atoms with Crippen LogP contribution >= 0.6 is 0 Å². The summed E-state index contributed by atoms with van der Waals surface area (Å²) < 4.78 is 16.7. The number of benzene rings is 2. The van der Waals surface area contributed by atoms with Gasteiger partial charge in [0.1, 0.15) is 17.8 Å². The summed E-state index contributed by atoms with van der Waals surface area (Å²) in [4.78, 5) is 14.2. The summed E-state index contributed by atoms with van der Waals surface area (Å²) in [5.74, 6) is 1.64. The fourth-order valence-electron chi connectivity index (χ4n) is 6.78. The number of likely N-dealkylation sites (tertiary alicyclic amines) is 1. The molecule has 0 radical (unpaired) electrons. The number of halogens is 1. The molecule has 4 heterocycles. The minimum absolute atomic E-state index is 0.374. The normalized spacial score (nSPS) is 18.0. The van der Waals surface area contributed by atoms with E-state index in [4.69, 9.17) is 0 Å². The van der Waals surface area contributed by atoms with Crippen molar-refractivity contribution in [2.45, 2.75) is 72.6 Å². The highest BCUT2D eigenvalue weighted by Crippen LogP contribution is 2.44. The Morgan fingerprint density at radius 1 is 1.00 bits per heavy atom. The first kappa shape index (κ1) is 26.2. The molecule has 0 bridgehead atoms. The Morgan fingerprint density at radius 3 is 2.49 bits per heavy atom. The maximum absolute atomic E-state index is 14.3. The van der Waals surface area contributed by atoms with Crippen molar-refractivity contribution >= 4 is 27.6 Å². The summed E-state index contributed by atoms with van der Waals surface area (Å²) in [5, 5.41) is 2.44. The maximum Gasteiger partial charge on any atom is 0.139 e. The molecule has 0 amide bonds. The van der Waals surface area contributed by atoms with Crippen molar-refractivity contribution in [2.75, 3.05) is 31.1 Å². The molecule has 6 rings (SSSR count). The maximum atomic E-state index is 14.3. The van der Waals surface area contributed by atoms with E-state index >= 15 is 0 Å². The van der Waals surface area contributed by atoms with Crippen LogP contribution in [0.25, 0.3) is 21.8 Å². The first-order chi connectivity index (χ1) is 18.6. The largest absolute Gasteiger partial charge is 0.355 e. The molecule has 6 heteroatoms. The highest BCUT2D eigenvalue weighted by Gasteiger charge is 2.45. The topological polar surface area (TPSA) is 37.2 Å². The van der Waals surface area contributed by atoms with Crippen LogP contribution in [-0.4, -0.2) is 51.3 Å². The van der Waals surface area contributed by atoms with Gasteiger partial charge < -0.3 is 9.47 Å². The van der Waals surface area contributed by atoms with Crippen molar-refractivity contribution < 1.29 is 4.39 Å². The molecule has 1 spiro atoms. The Kier molecular flexibility index (Phi) is 6.65. The molecule has 2 fully saturated rings. The zero-order valence-electron chi connectivity index (χ0n) is 24.2. The quantitative estimate of drug-likeness (QED) is 0.261. The lowest BCUT2D eigenvalue weighted by Crippen LogP contribution is -2.60. The van der Waals surface area contributed by atoms with Gasteiger partial charge in [0.2, 0.25) is 0 Å². The van der Waals surface area contributed by atoms with Gasteiger partial charge in [-0.1, -0.05) is 26.0 Å². The van der Waals surface area contributed by atoms with E-state index in [-0.39, 0.29) is 0 Å². The van der Waals surface area contributed by atoms with Crippen molar-refractivity contribution in [1.82, 2.24) is 19.4 Å². The second-order valence-electron chi connectivity index (χ2n) is 13.2. The van der Waals surface area contributed by atoms with Crippen LogP contribution in [0.1, 0.15) is 57.2 Å². The van der Waals surface area contributed by atoms with Crippen molar-refractivity contribution in [3.05, 3.63) is 65.6 Å². The molecular formula is C33H42FN5. The first-order valence-corrected chi connectivity index (χ1v) is 14.6. The molecule has 39 heavy (non-hydrogen) atoms. The van der Waals surface area contributed by atoms with E-state index in [1.807, 2.05) is 12.1 Å². The van der Waals surface area contributed by atoms with Crippen LogP contribution in [0.15, 0.2) is 48.9 Å². The molecule has 0 unspecified atom stereocenters. The smallest absolute Gasteiger partial charge is 0.139 e. The van der Waals surface area contributed by atoms with Crippen LogP contribution in [0.2, 0.25) is 0 Å². The number of alkyl halides is 1. The van der Waals surface area contributed by atoms with Crippen LogP contribution in [0.5, 0.6) is 0 Å². The summed E-state index contributed by atoms with van der Waals surface area (Å²) in [7, 11) is 0. The molecule has 4 aromatic rings. The monoisotopic (exact) mass is 527 g/mol. The number of aromatic nitrogens is 3. The predicted octanol–water partition coefficient (Wildman–Crippen LogP) is 6.94. The van der Waals surface area contributed by atoms with Crippen molar-refractivity contribution in [3.63, 3.8) is 0 Å². The third-order valence-electron chi connectivity index (χ3n) is 8.86. The van der Waals surface area contributed by atoms with Crippen LogP contribution < -0.4 is 4.90 Å². The first-order valence-electron chi connectivity index (χ1n) is 14.6. The Balaban J connectivity index is 1.10. The predicted molar refractivity (Wildman–Crippen MR) is 159 cm³/mol. The van der Waals surface area contributed by atoms with Gasteiger partial charge in [-0.3, -0.25) is 4.90 Å². The standard InChI is InChI=1S/C33H42FN5/c1-23(2)18-38-13-10-27-24(3)26(7-9-30(27)38)19-37-14-11-33(12-15-37)20-39(21-33)31-28-16-25(17-32(4,5)34)6-8-29(28)35-22-36-31/h6-10,13,16,22-23H,11-12,14-15,17-21H2,1-5H3. The Hall–Kier alpha value is -2.99. The van der Waals surface area contributed by atoms with Gasteiger partial charge in [-0.2, -0.15) is 0 Å². The summed E-state index contributed by atoms with van der Waals surface area (Å²) in [6.45, 7) is 16.6. The lowest BCUT2D eigenvalue weighted by Gasteiger charge is -2.54. The van der Waals surface area contributed by atoms with Gasteiger partial charge in [-0.25, -0.2) is 14.4 Å². The van der Waals surface area contributed by atoms with E-state index in [2.05, 4.69) is 75.6 Å². The van der Waals surface area contributed by atoms with Crippen LogP contribution in [-0.2, 0) is 19.5 Å². The number of piperidine rings is 1. The number of nitrogens with zero attached hydrogens (tertiary/aromatic N) is 5. The van der Waals surface area contributed by atoms with Gasteiger partial charge in [-0.15, -0.1) is 0 Å². The SMILES string of the molecule is Cc1c(CN2CCC3(CC2)CN(c2ncnc4ccc(CC(C)(C)F)cc24)C3)ccc2c1ccn2CC(C)C. The lowest BCUT2D eigenvalue weighted by atomic mass is 9.72. The number of hydrogen-bond donors (Lipinski definition) is 0. The van der Waals surface area contributed by atoms with Gasteiger partial charge in [0, 0.05) is 60.5 Å². The van der Waals surface area contributed by atoms with Gasteiger partial charge in [-0.05, 0) is 93.6 Å². The summed E-state index contributed by atoms with van der Waals surface area (Å²) in [6, 6.07) is 13.1. The molecule has 0 saturated carbocycles. The molecule has 206 valence electrons. The number of fused-ring (bicyclic) bond motifs is 2. The molecule has 2 aliphatic heterocycles. The van der Waals surface area contributed by atoms with Gasteiger partial charge >= 0.3 is 0 Å². The molecule has 0 N–H and O–H groups in total. The minimum Gasteiger partial charge on any atom is -0.355 e. The van der Waals surface area contributed by atoms with E-state index in [0.29, 0.717) is 17.8 Å². The number of rotatable bonds is 7. The second-order valence-corrected chi connectivity index (χ2v) is 13.2. The van der Waals surface area contributed by atoms with Crippen LogP contribution in [0.4, 0.5) is 10.2 Å². The van der Waals surface area contributed by atoms with Gasteiger partial charge in [0.05, 0.1) is 5.52 Å². The van der Waals surface area contributed by atoms with E-state index in [1.165, 1.54) is 34.9 Å². The second kappa shape index (κ2) is 9.88. The zero-order valence-corrected chi connectivity index (χ0v) is 24.2. The van der Waals surface area contributed by atoms with Crippen LogP contribution in [0.3, 0.4) is 0 Å². The number of anilines is 1. The van der Waals surface area contributed by atoms with Crippen LogP contribution in [0, 0.1) is 18.3 Å². The Labute approximate surface area is 232 Å². The minimum atomic E-state index is -1.23. The number of hydrogen-bond acceptors (Lipinski definition) is 4. The average molecular weight is 528 g/mol. The highest BCUT2D eigenvalue weighted by molar-refractivity contribution is 5.90. The van der Waals surface area contributed by atoms with Crippen molar-refractivity contribution in [2.24, 2.45) is 11.3 Å². The van der Waals surface area contributed by atoms with E-state index in [0.717, 1.165) is 61.6 Å². The lowest BCUT2D eigenvalue weighted by molar-refractivity contribution is 0.0720. The Bertz CT molecular complexity index is 1480. The molecule has 0 aliphatic carbocycles. The third-order valence-corrected chi connectivity index (χ3v) is 8.86. The molecule has 5 nitrogen and oxygen atoms in total. The summed E-state index contributed by atoms with van der Waals surface area (Å²) in [6.07, 6.45) is 6.76. The Morgan fingerprint density at radius 2 is 1.77 bits per heavy atom. The fourth-order valence-corrected chi connectivity index (χ4v) is 6.78. The van der Waals surface area contributed by atoms with Gasteiger partial charge in [0.25, 0.3) is 0 Å². The van der Waals surface area contributed by atoms with E-state index in [9.17, 15) is 4.39 Å².